The van der Waals surface area contributed by atoms with Crippen LogP contribution in [-0.2, 0) is 0 Å². The normalized spacial score (nSPS) is 10.3. The molecule has 6 heteroatoms. The van der Waals surface area contributed by atoms with Crippen LogP contribution in [0.3, 0.4) is 0 Å². The predicted molar refractivity (Wildman–Crippen MR) is 79.7 cm³/mol. The summed E-state index contributed by atoms with van der Waals surface area (Å²) < 4.78 is 27.3. The average molecular weight is 343 g/mol. The second-order valence-electron chi connectivity index (χ2n) is 3.79. The van der Waals surface area contributed by atoms with Crippen molar-refractivity contribution in [2.24, 2.45) is 5.73 Å². The van der Waals surface area contributed by atoms with Crippen LogP contribution in [-0.4, -0.2) is 4.99 Å². The van der Waals surface area contributed by atoms with Gasteiger partial charge in [0.15, 0.2) is 5.82 Å². The molecule has 0 bridgehead atoms. The zero-order valence-electron chi connectivity index (χ0n) is 9.58. The van der Waals surface area contributed by atoms with Crippen LogP contribution in [0.1, 0.15) is 5.56 Å². The Morgan fingerprint density at radius 2 is 1.95 bits per heavy atom. The number of rotatable bonds is 3. The van der Waals surface area contributed by atoms with Crippen LogP contribution in [0.2, 0.25) is 0 Å². The molecule has 2 nitrogen and oxygen atoms in total. The van der Waals surface area contributed by atoms with Gasteiger partial charge in [-0.3, -0.25) is 0 Å². The van der Waals surface area contributed by atoms with Crippen molar-refractivity contribution in [1.82, 2.24) is 0 Å². The standard InChI is InChI=1S/C13H9BrF2N2S/c14-11-9(13(17)19)4-5-10(12(11)16)18-8-3-1-2-7(15)6-8/h1-6,18H,(H2,17,19). The molecular weight excluding hydrogens is 334 g/mol. The van der Waals surface area contributed by atoms with E-state index in [1.165, 1.54) is 24.3 Å². The lowest BCUT2D eigenvalue weighted by Crippen LogP contribution is -2.11. The Hall–Kier alpha value is -1.53. The van der Waals surface area contributed by atoms with Crippen LogP contribution in [0, 0.1) is 11.6 Å². The first-order valence-electron chi connectivity index (χ1n) is 5.29. The summed E-state index contributed by atoms with van der Waals surface area (Å²) in [6.45, 7) is 0. The number of halogens is 3. The van der Waals surface area contributed by atoms with Crippen LogP contribution in [0.25, 0.3) is 0 Å². The maximum Gasteiger partial charge on any atom is 0.161 e. The van der Waals surface area contributed by atoms with E-state index in [2.05, 4.69) is 21.2 Å². The van der Waals surface area contributed by atoms with Gasteiger partial charge in [-0.2, -0.15) is 0 Å². The predicted octanol–water partition coefficient (Wildman–Crippen LogP) is 4.11. The summed E-state index contributed by atoms with van der Waals surface area (Å²) in [6.07, 6.45) is 0. The molecular formula is C13H9BrF2N2S. The Kier molecular flexibility index (Phi) is 4.11. The summed E-state index contributed by atoms with van der Waals surface area (Å²) in [5, 5.41) is 2.79. The molecule has 0 saturated heterocycles. The lowest BCUT2D eigenvalue weighted by atomic mass is 10.2. The summed E-state index contributed by atoms with van der Waals surface area (Å²) in [5.74, 6) is -0.932. The first kappa shape index (κ1) is 13.9. The van der Waals surface area contributed by atoms with Crippen molar-refractivity contribution in [3.05, 3.63) is 58.1 Å². The first-order chi connectivity index (χ1) is 8.99. The highest BCUT2D eigenvalue weighted by Gasteiger charge is 2.13. The number of nitrogens with two attached hydrogens (primary N) is 1. The smallest absolute Gasteiger partial charge is 0.161 e. The van der Waals surface area contributed by atoms with Gasteiger partial charge in [0.25, 0.3) is 0 Å². The minimum Gasteiger partial charge on any atom is -0.389 e. The zero-order chi connectivity index (χ0) is 14.0. The summed E-state index contributed by atoms with van der Waals surface area (Å²) in [5.41, 5.74) is 6.54. The number of thiocarbonyl (C=S) groups is 1. The van der Waals surface area contributed by atoms with E-state index in [9.17, 15) is 8.78 Å². The Bertz CT molecular complexity index is 647. The van der Waals surface area contributed by atoms with Crippen molar-refractivity contribution in [2.75, 3.05) is 5.32 Å². The third-order valence-electron chi connectivity index (χ3n) is 2.45. The number of nitrogens with one attached hydrogen (secondary N) is 1. The molecule has 2 aromatic rings. The summed E-state index contributed by atoms with van der Waals surface area (Å²) >= 11 is 7.91. The molecule has 0 spiro atoms. The molecule has 0 heterocycles. The van der Waals surface area contributed by atoms with Gasteiger partial charge >= 0.3 is 0 Å². The summed E-state index contributed by atoms with van der Waals surface area (Å²) in [6, 6.07) is 8.85. The molecule has 98 valence electrons. The fourth-order valence-electron chi connectivity index (χ4n) is 1.56. The highest BCUT2D eigenvalue weighted by atomic mass is 79.9. The fraction of sp³-hybridized carbons (Fsp3) is 0. The molecule has 0 unspecified atom stereocenters. The monoisotopic (exact) mass is 342 g/mol. The number of anilines is 2. The molecule has 0 aliphatic rings. The second-order valence-corrected chi connectivity index (χ2v) is 5.02. The average Bonchev–Trinajstić information content (AvgIpc) is 2.35. The van der Waals surface area contributed by atoms with Crippen LogP contribution in [0.4, 0.5) is 20.2 Å². The Morgan fingerprint density at radius 3 is 2.58 bits per heavy atom. The Balaban J connectivity index is 2.37. The molecule has 2 aromatic carbocycles. The van der Waals surface area contributed by atoms with Crippen molar-refractivity contribution in [3.63, 3.8) is 0 Å². The SMILES string of the molecule is NC(=S)c1ccc(Nc2cccc(F)c2)c(F)c1Br. The van der Waals surface area contributed by atoms with Crippen molar-refractivity contribution in [1.29, 1.82) is 0 Å². The lowest BCUT2D eigenvalue weighted by Gasteiger charge is -2.11. The van der Waals surface area contributed by atoms with Crippen LogP contribution in [0.15, 0.2) is 40.9 Å². The quantitative estimate of drug-likeness (QED) is 0.824. The minimum absolute atomic E-state index is 0.100. The van der Waals surface area contributed by atoms with Gasteiger partial charge in [0.2, 0.25) is 0 Å². The van der Waals surface area contributed by atoms with Gasteiger partial charge in [0, 0.05) is 11.3 Å². The van der Waals surface area contributed by atoms with E-state index in [-0.39, 0.29) is 15.1 Å². The van der Waals surface area contributed by atoms with Gasteiger partial charge in [0.05, 0.1) is 10.2 Å². The van der Waals surface area contributed by atoms with Crippen LogP contribution in [0.5, 0.6) is 0 Å². The molecule has 3 N–H and O–H groups in total. The van der Waals surface area contributed by atoms with Gasteiger partial charge in [-0.25, -0.2) is 8.78 Å². The maximum atomic E-state index is 14.1. The largest absolute Gasteiger partial charge is 0.389 e. The number of hydrogen-bond acceptors (Lipinski definition) is 2. The van der Waals surface area contributed by atoms with Crippen molar-refractivity contribution in [2.45, 2.75) is 0 Å². The van der Waals surface area contributed by atoms with Gasteiger partial charge in [-0.05, 0) is 46.3 Å². The summed E-state index contributed by atoms with van der Waals surface area (Å²) in [4.78, 5) is 0.100. The molecule has 0 fully saturated rings. The second kappa shape index (κ2) is 5.63. The zero-order valence-corrected chi connectivity index (χ0v) is 12.0. The lowest BCUT2D eigenvalue weighted by molar-refractivity contribution is 0.623. The molecule has 0 atom stereocenters. The van der Waals surface area contributed by atoms with Crippen LogP contribution < -0.4 is 11.1 Å². The van der Waals surface area contributed by atoms with Gasteiger partial charge in [-0.15, -0.1) is 0 Å². The Labute approximate surface area is 122 Å². The number of benzene rings is 2. The van der Waals surface area contributed by atoms with E-state index in [4.69, 9.17) is 18.0 Å². The van der Waals surface area contributed by atoms with E-state index in [0.717, 1.165) is 0 Å². The fourth-order valence-corrected chi connectivity index (χ4v) is 2.42. The molecule has 19 heavy (non-hydrogen) atoms. The third-order valence-corrected chi connectivity index (χ3v) is 3.45. The molecule has 0 saturated carbocycles. The van der Waals surface area contributed by atoms with E-state index < -0.39 is 11.6 Å². The van der Waals surface area contributed by atoms with Crippen LogP contribution >= 0.6 is 28.1 Å². The molecule has 2 rings (SSSR count). The van der Waals surface area contributed by atoms with E-state index >= 15 is 0 Å². The van der Waals surface area contributed by atoms with Gasteiger partial charge in [0.1, 0.15) is 10.8 Å². The number of hydrogen-bond donors (Lipinski definition) is 2. The highest BCUT2D eigenvalue weighted by Crippen LogP contribution is 2.29. The Morgan fingerprint density at radius 1 is 1.21 bits per heavy atom. The minimum atomic E-state index is -0.533. The van der Waals surface area contributed by atoms with Crippen molar-refractivity contribution < 1.29 is 8.78 Å². The first-order valence-corrected chi connectivity index (χ1v) is 6.49. The maximum absolute atomic E-state index is 14.1. The topological polar surface area (TPSA) is 38.0 Å². The van der Waals surface area contributed by atoms with E-state index in [1.807, 2.05) is 0 Å². The molecule has 0 aliphatic carbocycles. The van der Waals surface area contributed by atoms with Gasteiger partial charge in [-0.1, -0.05) is 18.3 Å². The summed E-state index contributed by atoms with van der Waals surface area (Å²) in [7, 11) is 0. The molecule has 0 aliphatic heterocycles. The third kappa shape index (κ3) is 3.08. The molecule has 0 radical (unpaired) electrons. The highest BCUT2D eigenvalue weighted by molar-refractivity contribution is 9.10. The van der Waals surface area contributed by atoms with E-state index in [1.54, 1.807) is 12.1 Å². The van der Waals surface area contributed by atoms with E-state index in [0.29, 0.717) is 11.3 Å². The molecule has 0 aromatic heterocycles. The van der Waals surface area contributed by atoms with Crippen molar-refractivity contribution >= 4 is 44.5 Å². The molecule has 0 amide bonds. The van der Waals surface area contributed by atoms with Crippen molar-refractivity contribution in [3.8, 4) is 0 Å². The van der Waals surface area contributed by atoms with Gasteiger partial charge < -0.3 is 11.1 Å².